The molecule has 0 spiro atoms. The highest BCUT2D eigenvalue weighted by Gasteiger charge is 2.32. The van der Waals surface area contributed by atoms with Gasteiger partial charge >= 0.3 is 6.03 Å². The normalized spacial score (nSPS) is 23.0. The molecule has 0 radical (unpaired) electrons. The lowest BCUT2D eigenvalue weighted by Gasteiger charge is -2.25. The lowest BCUT2D eigenvalue weighted by Crippen LogP contribution is -2.47. The van der Waals surface area contributed by atoms with Gasteiger partial charge in [0.2, 0.25) is 11.8 Å². The standard InChI is InChI=1S/C14H24N4O3/c1-10(2)15-14(21)18-7-3-6-17(8-9-18)13(20)11-4-5-12(19)16-11/h10-11H,3-9H2,1-2H3,(H,15,21)(H,16,19). The van der Waals surface area contributed by atoms with E-state index in [0.29, 0.717) is 39.0 Å². The first kappa shape index (κ1) is 15.6. The van der Waals surface area contributed by atoms with E-state index < -0.39 is 0 Å². The topological polar surface area (TPSA) is 81.8 Å². The second-order valence-corrected chi connectivity index (χ2v) is 5.93. The fourth-order valence-electron chi connectivity index (χ4n) is 2.70. The smallest absolute Gasteiger partial charge is 0.317 e. The van der Waals surface area contributed by atoms with Gasteiger partial charge in [-0.1, -0.05) is 0 Å². The number of carbonyl (C=O) groups is 3. The molecule has 0 aromatic carbocycles. The maximum atomic E-state index is 12.3. The van der Waals surface area contributed by atoms with E-state index in [-0.39, 0.29) is 29.9 Å². The number of rotatable bonds is 2. The zero-order chi connectivity index (χ0) is 15.4. The summed E-state index contributed by atoms with van der Waals surface area (Å²) in [6.45, 7) is 6.19. The molecule has 2 saturated heterocycles. The van der Waals surface area contributed by atoms with Gasteiger partial charge in [-0.05, 0) is 26.7 Å². The Hall–Kier alpha value is -1.79. The van der Waals surface area contributed by atoms with Gasteiger partial charge in [0.05, 0.1) is 0 Å². The summed E-state index contributed by atoms with van der Waals surface area (Å²) >= 11 is 0. The van der Waals surface area contributed by atoms with Crippen LogP contribution in [0.2, 0.25) is 0 Å². The molecule has 2 rings (SSSR count). The van der Waals surface area contributed by atoms with Crippen molar-refractivity contribution in [1.29, 1.82) is 0 Å². The fraction of sp³-hybridized carbons (Fsp3) is 0.786. The van der Waals surface area contributed by atoms with Gasteiger partial charge < -0.3 is 20.4 Å². The summed E-state index contributed by atoms with van der Waals surface area (Å²) in [6.07, 6.45) is 1.76. The van der Waals surface area contributed by atoms with Crippen LogP contribution in [-0.4, -0.2) is 65.9 Å². The minimum atomic E-state index is -0.381. The number of carbonyl (C=O) groups excluding carboxylic acids is 3. The lowest BCUT2D eigenvalue weighted by atomic mass is 10.2. The van der Waals surface area contributed by atoms with Gasteiger partial charge in [-0.3, -0.25) is 9.59 Å². The number of nitrogens with one attached hydrogen (secondary N) is 2. The van der Waals surface area contributed by atoms with Crippen molar-refractivity contribution in [3.63, 3.8) is 0 Å². The van der Waals surface area contributed by atoms with Crippen molar-refractivity contribution in [3.8, 4) is 0 Å². The second-order valence-electron chi connectivity index (χ2n) is 5.93. The zero-order valence-corrected chi connectivity index (χ0v) is 12.7. The van der Waals surface area contributed by atoms with Crippen molar-refractivity contribution in [3.05, 3.63) is 0 Å². The summed E-state index contributed by atoms with van der Waals surface area (Å²) < 4.78 is 0. The minimum absolute atomic E-state index is 0.0213. The highest BCUT2D eigenvalue weighted by Crippen LogP contribution is 2.12. The molecule has 0 saturated carbocycles. The van der Waals surface area contributed by atoms with Crippen molar-refractivity contribution < 1.29 is 14.4 Å². The Bertz CT molecular complexity index is 424. The first-order valence-corrected chi connectivity index (χ1v) is 7.61. The minimum Gasteiger partial charge on any atom is -0.344 e. The summed E-state index contributed by atoms with van der Waals surface area (Å²) in [4.78, 5) is 39.1. The molecule has 21 heavy (non-hydrogen) atoms. The third-order valence-electron chi connectivity index (χ3n) is 3.80. The van der Waals surface area contributed by atoms with Gasteiger partial charge in [0.25, 0.3) is 0 Å². The molecule has 2 fully saturated rings. The predicted molar refractivity (Wildman–Crippen MR) is 77.6 cm³/mol. The highest BCUT2D eigenvalue weighted by atomic mass is 16.2. The monoisotopic (exact) mass is 296 g/mol. The summed E-state index contributed by atoms with van der Waals surface area (Å²) in [5.41, 5.74) is 0. The van der Waals surface area contributed by atoms with E-state index >= 15 is 0 Å². The van der Waals surface area contributed by atoms with Gasteiger partial charge in [0, 0.05) is 38.6 Å². The van der Waals surface area contributed by atoms with E-state index in [4.69, 9.17) is 0 Å². The lowest BCUT2D eigenvalue weighted by molar-refractivity contribution is -0.134. The molecule has 7 heteroatoms. The molecule has 7 nitrogen and oxygen atoms in total. The van der Waals surface area contributed by atoms with Gasteiger partial charge in [0.1, 0.15) is 6.04 Å². The average Bonchev–Trinajstić information content (AvgIpc) is 2.71. The van der Waals surface area contributed by atoms with Crippen molar-refractivity contribution >= 4 is 17.8 Å². The van der Waals surface area contributed by atoms with E-state index in [9.17, 15) is 14.4 Å². The van der Waals surface area contributed by atoms with Crippen LogP contribution < -0.4 is 10.6 Å². The number of hydrogen-bond donors (Lipinski definition) is 2. The summed E-state index contributed by atoms with van der Waals surface area (Å²) in [5.74, 6) is -0.0759. The SMILES string of the molecule is CC(C)NC(=O)N1CCCN(C(=O)C2CCC(=O)N2)CC1. The molecule has 2 N–H and O–H groups in total. The van der Waals surface area contributed by atoms with Crippen LogP contribution in [0, 0.1) is 0 Å². The van der Waals surface area contributed by atoms with Crippen LogP contribution in [0.15, 0.2) is 0 Å². The Morgan fingerprint density at radius 3 is 2.48 bits per heavy atom. The Balaban J connectivity index is 1.87. The van der Waals surface area contributed by atoms with E-state index in [1.54, 1.807) is 9.80 Å². The van der Waals surface area contributed by atoms with Crippen LogP contribution in [0.1, 0.15) is 33.1 Å². The molecule has 0 aliphatic carbocycles. The maximum absolute atomic E-state index is 12.3. The fourth-order valence-corrected chi connectivity index (χ4v) is 2.70. The number of hydrogen-bond acceptors (Lipinski definition) is 3. The van der Waals surface area contributed by atoms with E-state index in [2.05, 4.69) is 10.6 Å². The number of urea groups is 1. The molecule has 0 aromatic heterocycles. The quantitative estimate of drug-likeness (QED) is 0.747. The Kier molecular flexibility index (Phi) is 5.03. The third-order valence-corrected chi connectivity index (χ3v) is 3.80. The van der Waals surface area contributed by atoms with E-state index in [1.807, 2.05) is 13.8 Å². The molecule has 0 aromatic rings. The Morgan fingerprint density at radius 2 is 1.86 bits per heavy atom. The summed E-state index contributed by atoms with van der Waals surface area (Å²) in [6, 6.07) is -0.353. The molecule has 2 aliphatic heterocycles. The van der Waals surface area contributed by atoms with Gasteiger partial charge in [-0.15, -0.1) is 0 Å². The van der Waals surface area contributed by atoms with Crippen LogP contribution in [0.5, 0.6) is 0 Å². The molecule has 118 valence electrons. The van der Waals surface area contributed by atoms with Crippen LogP contribution >= 0.6 is 0 Å². The molecular formula is C14H24N4O3. The molecular weight excluding hydrogens is 272 g/mol. The predicted octanol–water partition coefficient (Wildman–Crippen LogP) is -0.0827. The van der Waals surface area contributed by atoms with Crippen molar-refractivity contribution in [2.24, 2.45) is 0 Å². The first-order valence-electron chi connectivity index (χ1n) is 7.61. The molecule has 2 aliphatic rings. The Labute approximate surface area is 125 Å². The highest BCUT2D eigenvalue weighted by molar-refractivity contribution is 5.90. The molecule has 1 unspecified atom stereocenters. The Morgan fingerprint density at radius 1 is 1.19 bits per heavy atom. The van der Waals surface area contributed by atoms with Gasteiger partial charge in [-0.25, -0.2) is 4.79 Å². The second kappa shape index (κ2) is 6.78. The van der Waals surface area contributed by atoms with Crippen LogP contribution in [0.3, 0.4) is 0 Å². The van der Waals surface area contributed by atoms with Crippen molar-refractivity contribution in [2.45, 2.75) is 45.2 Å². The van der Waals surface area contributed by atoms with Crippen LogP contribution in [0.4, 0.5) is 4.79 Å². The van der Waals surface area contributed by atoms with Crippen molar-refractivity contribution in [2.75, 3.05) is 26.2 Å². The maximum Gasteiger partial charge on any atom is 0.317 e. The summed E-state index contributed by atoms with van der Waals surface area (Å²) in [7, 11) is 0. The van der Waals surface area contributed by atoms with E-state index in [0.717, 1.165) is 6.42 Å². The zero-order valence-electron chi connectivity index (χ0n) is 12.7. The first-order chi connectivity index (χ1) is 9.97. The van der Waals surface area contributed by atoms with Gasteiger partial charge in [0.15, 0.2) is 0 Å². The van der Waals surface area contributed by atoms with Crippen LogP contribution in [0.25, 0.3) is 0 Å². The van der Waals surface area contributed by atoms with Crippen molar-refractivity contribution in [1.82, 2.24) is 20.4 Å². The van der Waals surface area contributed by atoms with E-state index in [1.165, 1.54) is 0 Å². The molecule has 1 atom stereocenters. The number of nitrogens with zero attached hydrogens (tertiary/aromatic N) is 2. The average molecular weight is 296 g/mol. The molecule has 4 amide bonds. The summed E-state index contributed by atoms with van der Waals surface area (Å²) in [5, 5.41) is 5.58. The third kappa shape index (κ3) is 4.09. The largest absolute Gasteiger partial charge is 0.344 e. The molecule has 0 bridgehead atoms. The number of amides is 4. The molecule has 2 heterocycles. The van der Waals surface area contributed by atoms with Gasteiger partial charge in [-0.2, -0.15) is 0 Å². The van der Waals surface area contributed by atoms with Crippen LogP contribution in [-0.2, 0) is 9.59 Å².